The van der Waals surface area contributed by atoms with Gasteiger partial charge in [0.2, 0.25) is 0 Å². The van der Waals surface area contributed by atoms with Gasteiger partial charge < -0.3 is 14.7 Å². The molecule has 2 saturated heterocycles. The van der Waals surface area contributed by atoms with Gasteiger partial charge in [0, 0.05) is 32.3 Å². The van der Waals surface area contributed by atoms with Crippen molar-refractivity contribution in [3.8, 4) is 0 Å². The van der Waals surface area contributed by atoms with E-state index >= 15 is 0 Å². The summed E-state index contributed by atoms with van der Waals surface area (Å²) >= 11 is 0. The number of carbonyl (C=O) groups is 1. The number of hydrogen-bond donors (Lipinski definition) is 1. The van der Waals surface area contributed by atoms with Gasteiger partial charge in [0.05, 0.1) is 0 Å². The third-order valence-corrected chi connectivity index (χ3v) is 4.19. The van der Waals surface area contributed by atoms with Crippen LogP contribution < -0.4 is 0 Å². The average molecular weight is 284 g/mol. The Morgan fingerprint density at radius 3 is 2.65 bits per heavy atom. The zero-order valence-electron chi connectivity index (χ0n) is 13.0. The van der Waals surface area contributed by atoms with Crippen molar-refractivity contribution in [3.63, 3.8) is 0 Å². The molecule has 0 radical (unpaired) electrons. The first-order valence-corrected chi connectivity index (χ1v) is 7.72. The fourth-order valence-corrected chi connectivity index (χ4v) is 3.14. The second-order valence-electron chi connectivity index (χ2n) is 7.03. The fraction of sp³-hybridized carbons (Fsp3) is 0.933. The molecular weight excluding hydrogens is 256 g/mol. The van der Waals surface area contributed by atoms with Crippen LogP contribution in [0, 0.1) is 5.92 Å². The molecule has 0 spiro atoms. The van der Waals surface area contributed by atoms with Gasteiger partial charge >= 0.3 is 6.09 Å². The first-order chi connectivity index (χ1) is 9.39. The predicted octanol–water partition coefficient (Wildman–Crippen LogP) is 1.70. The lowest BCUT2D eigenvalue weighted by atomic mass is 10.1. The van der Waals surface area contributed by atoms with E-state index in [9.17, 15) is 4.79 Å². The highest BCUT2D eigenvalue weighted by molar-refractivity contribution is 5.68. The second-order valence-corrected chi connectivity index (χ2v) is 7.03. The maximum absolute atomic E-state index is 12.0. The number of likely N-dealkylation sites (tertiary alicyclic amines) is 2. The van der Waals surface area contributed by atoms with Crippen LogP contribution in [-0.2, 0) is 4.74 Å². The van der Waals surface area contributed by atoms with Crippen LogP contribution in [-0.4, -0.2) is 65.4 Å². The van der Waals surface area contributed by atoms with E-state index in [4.69, 9.17) is 9.84 Å². The predicted molar refractivity (Wildman–Crippen MR) is 77.6 cm³/mol. The van der Waals surface area contributed by atoms with E-state index in [-0.39, 0.29) is 12.7 Å². The lowest BCUT2D eigenvalue weighted by molar-refractivity contribution is 0.0282. The highest BCUT2D eigenvalue weighted by Crippen LogP contribution is 2.26. The molecule has 0 aromatic heterocycles. The van der Waals surface area contributed by atoms with E-state index < -0.39 is 5.60 Å². The van der Waals surface area contributed by atoms with Crippen molar-refractivity contribution in [2.75, 3.05) is 32.8 Å². The Morgan fingerprint density at radius 1 is 1.25 bits per heavy atom. The summed E-state index contributed by atoms with van der Waals surface area (Å²) in [6.45, 7) is 9.72. The highest BCUT2D eigenvalue weighted by Gasteiger charge is 2.35. The Morgan fingerprint density at radius 2 is 2.00 bits per heavy atom. The molecule has 2 aliphatic rings. The van der Waals surface area contributed by atoms with Gasteiger partial charge in [0.25, 0.3) is 0 Å². The van der Waals surface area contributed by atoms with Crippen LogP contribution in [0.3, 0.4) is 0 Å². The molecule has 0 aromatic carbocycles. The molecule has 0 bridgehead atoms. The zero-order chi connectivity index (χ0) is 14.8. The first-order valence-electron chi connectivity index (χ1n) is 7.72. The Bertz CT molecular complexity index is 341. The maximum atomic E-state index is 12.0. The van der Waals surface area contributed by atoms with Crippen molar-refractivity contribution in [2.24, 2.45) is 5.92 Å². The van der Waals surface area contributed by atoms with Gasteiger partial charge in [-0.2, -0.15) is 0 Å². The third-order valence-electron chi connectivity index (χ3n) is 4.19. The van der Waals surface area contributed by atoms with E-state index in [2.05, 4.69) is 4.90 Å². The Balaban J connectivity index is 1.79. The van der Waals surface area contributed by atoms with Gasteiger partial charge in [-0.15, -0.1) is 0 Å². The minimum Gasteiger partial charge on any atom is -0.444 e. The Labute approximate surface area is 121 Å². The lowest BCUT2D eigenvalue weighted by Crippen LogP contribution is -2.39. The van der Waals surface area contributed by atoms with Crippen LogP contribution in [0.5, 0.6) is 0 Å². The quantitative estimate of drug-likeness (QED) is 0.857. The summed E-state index contributed by atoms with van der Waals surface area (Å²) in [6.07, 6.45) is 2.92. The van der Waals surface area contributed by atoms with Gasteiger partial charge in [-0.3, -0.25) is 4.90 Å². The van der Waals surface area contributed by atoms with Crippen LogP contribution in [0.4, 0.5) is 4.79 Å². The van der Waals surface area contributed by atoms with Gasteiger partial charge in [-0.25, -0.2) is 4.79 Å². The molecule has 5 heteroatoms. The second kappa shape index (κ2) is 6.31. The third kappa shape index (κ3) is 4.09. The molecule has 0 aliphatic carbocycles. The number of nitrogens with zero attached hydrogens (tertiary/aromatic N) is 2. The number of ether oxygens (including phenoxy) is 1. The molecule has 1 amide bonds. The van der Waals surface area contributed by atoms with Crippen LogP contribution in [0.2, 0.25) is 0 Å². The van der Waals surface area contributed by atoms with Gasteiger partial charge in [0.1, 0.15) is 5.60 Å². The number of rotatable bonds is 3. The van der Waals surface area contributed by atoms with Crippen molar-refractivity contribution in [1.29, 1.82) is 0 Å². The van der Waals surface area contributed by atoms with Crippen molar-refractivity contribution in [1.82, 2.24) is 9.80 Å². The van der Waals surface area contributed by atoms with Crippen molar-refractivity contribution in [2.45, 2.75) is 51.7 Å². The molecule has 0 aromatic rings. The molecule has 2 atom stereocenters. The molecule has 0 saturated carbocycles. The minimum atomic E-state index is -0.422. The van der Waals surface area contributed by atoms with Crippen molar-refractivity contribution >= 4 is 6.09 Å². The van der Waals surface area contributed by atoms with Gasteiger partial charge in [-0.1, -0.05) is 0 Å². The monoisotopic (exact) mass is 284 g/mol. The smallest absolute Gasteiger partial charge is 0.410 e. The summed E-state index contributed by atoms with van der Waals surface area (Å²) in [7, 11) is 0. The Kier molecular flexibility index (Phi) is 4.91. The topological polar surface area (TPSA) is 53.0 Å². The normalized spacial score (nSPS) is 28.1. The number of hydrogen-bond acceptors (Lipinski definition) is 4. The summed E-state index contributed by atoms with van der Waals surface area (Å²) in [5.74, 6) is 0.621. The molecule has 1 N–H and O–H groups in total. The van der Waals surface area contributed by atoms with Crippen LogP contribution in [0.25, 0.3) is 0 Å². The van der Waals surface area contributed by atoms with E-state index in [1.165, 1.54) is 6.42 Å². The van der Waals surface area contributed by atoms with E-state index in [0.717, 1.165) is 39.0 Å². The molecule has 2 aliphatic heterocycles. The van der Waals surface area contributed by atoms with Crippen LogP contribution in [0.1, 0.15) is 40.0 Å². The SMILES string of the molecule is CC(C)(C)OC(=O)N1CC[C@H](N2CC[C@@H](CCO)C2)C1. The maximum Gasteiger partial charge on any atom is 0.410 e. The van der Waals surface area contributed by atoms with Gasteiger partial charge in [0.15, 0.2) is 0 Å². The van der Waals surface area contributed by atoms with E-state index in [1.807, 2.05) is 25.7 Å². The standard InChI is InChI=1S/C15H28N2O3/c1-15(2,3)20-14(19)17-8-5-13(11-17)16-7-4-12(10-16)6-9-18/h12-13,18H,4-11H2,1-3H3/t12-,13-/m0/s1. The first kappa shape index (κ1) is 15.6. The number of aliphatic hydroxyl groups excluding tert-OH is 1. The van der Waals surface area contributed by atoms with Crippen LogP contribution in [0.15, 0.2) is 0 Å². The Hall–Kier alpha value is -0.810. The minimum absolute atomic E-state index is 0.189. The molecule has 0 unspecified atom stereocenters. The molecule has 20 heavy (non-hydrogen) atoms. The summed E-state index contributed by atoms with van der Waals surface area (Å²) in [5, 5.41) is 9.01. The molecule has 2 rings (SSSR count). The van der Waals surface area contributed by atoms with Crippen LogP contribution >= 0.6 is 0 Å². The van der Waals surface area contributed by atoms with E-state index in [0.29, 0.717) is 12.0 Å². The summed E-state index contributed by atoms with van der Waals surface area (Å²) in [4.78, 5) is 16.3. The summed E-state index contributed by atoms with van der Waals surface area (Å²) < 4.78 is 5.43. The molecular formula is C15H28N2O3. The molecule has 116 valence electrons. The van der Waals surface area contributed by atoms with Gasteiger partial charge in [-0.05, 0) is 52.5 Å². The fourth-order valence-electron chi connectivity index (χ4n) is 3.14. The molecule has 2 fully saturated rings. The van der Waals surface area contributed by atoms with Crippen molar-refractivity contribution < 1.29 is 14.6 Å². The average Bonchev–Trinajstić information content (AvgIpc) is 2.94. The lowest BCUT2D eigenvalue weighted by Gasteiger charge is -2.26. The summed E-state index contributed by atoms with van der Waals surface area (Å²) in [6, 6.07) is 0.464. The number of amides is 1. The largest absolute Gasteiger partial charge is 0.444 e. The summed E-state index contributed by atoms with van der Waals surface area (Å²) in [5.41, 5.74) is -0.422. The molecule has 5 nitrogen and oxygen atoms in total. The zero-order valence-corrected chi connectivity index (χ0v) is 13.0. The number of carbonyl (C=O) groups excluding carboxylic acids is 1. The van der Waals surface area contributed by atoms with Crippen molar-refractivity contribution in [3.05, 3.63) is 0 Å². The highest BCUT2D eigenvalue weighted by atomic mass is 16.6. The number of aliphatic hydroxyl groups is 1. The molecule has 2 heterocycles. The van der Waals surface area contributed by atoms with E-state index in [1.54, 1.807) is 0 Å².